The summed E-state index contributed by atoms with van der Waals surface area (Å²) in [4.78, 5) is 19.4. The van der Waals surface area contributed by atoms with Crippen LogP contribution >= 0.6 is 0 Å². The molecule has 0 atom stereocenters. The topological polar surface area (TPSA) is 52.1 Å². The van der Waals surface area contributed by atoms with E-state index >= 15 is 0 Å². The van der Waals surface area contributed by atoms with Crippen molar-refractivity contribution in [3.8, 4) is 5.88 Å². The van der Waals surface area contributed by atoms with Gasteiger partial charge in [-0.1, -0.05) is 0 Å². The number of aromatic nitrogens is 2. The summed E-state index contributed by atoms with van der Waals surface area (Å²) in [5.41, 5.74) is -0.111. The minimum Gasteiger partial charge on any atom is -0.481 e. The van der Waals surface area contributed by atoms with Gasteiger partial charge in [0.15, 0.2) is 0 Å². The van der Waals surface area contributed by atoms with Crippen LogP contribution in [0.3, 0.4) is 0 Å². The van der Waals surface area contributed by atoms with Crippen LogP contribution in [0.2, 0.25) is 0 Å². The van der Waals surface area contributed by atoms with E-state index in [2.05, 4.69) is 9.97 Å². The van der Waals surface area contributed by atoms with E-state index in [1.165, 1.54) is 13.2 Å². The molecule has 0 bridgehead atoms. The van der Waals surface area contributed by atoms with E-state index in [1.54, 1.807) is 0 Å². The fraction of sp³-hybridized carbons (Fsp3) is 0.0833. The molecule has 0 amide bonds. The highest BCUT2D eigenvalue weighted by atomic mass is 19.1. The van der Waals surface area contributed by atoms with Gasteiger partial charge in [-0.3, -0.25) is 4.79 Å². The second-order valence-electron chi connectivity index (χ2n) is 3.43. The molecule has 0 aliphatic rings. The third-order valence-corrected chi connectivity index (χ3v) is 2.21. The molecule has 2 rings (SSSR count). The highest BCUT2D eigenvalue weighted by Gasteiger charge is 2.14. The highest BCUT2D eigenvalue weighted by Crippen LogP contribution is 2.14. The van der Waals surface area contributed by atoms with Gasteiger partial charge in [0.2, 0.25) is 11.7 Å². The average Bonchev–Trinajstić information content (AvgIpc) is 2.37. The fourth-order valence-electron chi connectivity index (χ4n) is 1.41. The van der Waals surface area contributed by atoms with Crippen LogP contribution in [0, 0.1) is 11.6 Å². The molecule has 0 N–H and O–H groups in total. The van der Waals surface area contributed by atoms with Gasteiger partial charge in [0.25, 0.3) is 0 Å². The number of carbonyl (C=O) groups excluding carboxylic acids is 1. The van der Waals surface area contributed by atoms with Gasteiger partial charge in [0.1, 0.15) is 23.7 Å². The van der Waals surface area contributed by atoms with Crippen LogP contribution in [-0.2, 0) is 0 Å². The molecule has 0 saturated carbocycles. The van der Waals surface area contributed by atoms with Gasteiger partial charge in [-0.15, -0.1) is 0 Å². The predicted octanol–water partition coefficient (Wildman–Crippen LogP) is 1.99. The zero-order valence-corrected chi connectivity index (χ0v) is 9.35. The summed E-state index contributed by atoms with van der Waals surface area (Å²) in [7, 11) is 1.39. The van der Waals surface area contributed by atoms with E-state index in [1.807, 2.05) is 0 Å². The monoisotopic (exact) mass is 250 g/mol. The maximum absolute atomic E-state index is 13.0. The smallest absolute Gasteiger partial charge is 0.216 e. The number of halogens is 2. The number of rotatable bonds is 3. The maximum Gasteiger partial charge on any atom is 0.216 e. The molecule has 6 heteroatoms. The van der Waals surface area contributed by atoms with E-state index in [0.717, 1.165) is 18.5 Å². The number of benzene rings is 1. The average molecular weight is 250 g/mol. The Balaban J connectivity index is 2.41. The van der Waals surface area contributed by atoms with Crippen molar-refractivity contribution in [1.29, 1.82) is 0 Å². The summed E-state index contributed by atoms with van der Waals surface area (Å²) in [6, 6.07) is 3.88. The molecule has 0 unspecified atom stereocenters. The van der Waals surface area contributed by atoms with Crippen molar-refractivity contribution < 1.29 is 18.3 Å². The van der Waals surface area contributed by atoms with Gasteiger partial charge in [-0.05, 0) is 12.1 Å². The molecule has 0 aliphatic heterocycles. The Morgan fingerprint density at radius 2 is 1.78 bits per heavy atom. The molecule has 0 radical (unpaired) electrons. The Kier molecular flexibility index (Phi) is 3.27. The zero-order valence-electron chi connectivity index (χ0n) is 9.35. The van der Waals surface area contributed by atoms with Crippen LogP contribution in [0.4, 0.5) is 8.78 Å². The number of ether oxygens (including phenoxy) is 1. The molecule has 2 aromatic rings. The van der Waals surface area contributed by atoms with E-state index in [0.29, 0.717) is 6.07 Å². The SMILES string of the molecule is COc1cc(C(=O)c2cc(F)cc(F)c2)ncn1. The van der Waals surface area contributed by atoms with Crippen molar-refractivity contribution in [2.45, 2.75) is 0 Å². The minimum absolute atomic E-state index is 0.00634. The molecular weight excluding hydrogens is 242 g/mol. The van der Waals surface area contributed by atoms with E-state index in [9.17, 15) is 13.6 Å². The largest absolute Gasteiger partial charge is 0.481 e. The lowest BCUT2D eigenvalue weighted by molar-refractivity contribution is 0.103. The lowest BCUT2D eigenvalue weighted by Crippen LogP contribution is -2.06. The normalized spacial score (nSPS) is 10.2. The summed E-state index contributed by atoms with van der Waals surface area (Å²) < 4.78 is 30.8. The summed E-state index contributed by atoms with van der Waals surface area (Å²) in [5, 5.41) is 0. The molecule has 0 aliphatic carbocycles. The van der Waals surface area contributed by atoms with E-state index < -0.39 is 17.4 Å². The number of methoxy groups -OCH3 is 1. The van der Waals surface area contributed by atoms with Gasteiger partial charge >= 0.3 is 0 Å². The number of carbonyl (C=O) groups is 1. The van der Waals surface area contributed by atoms with Gasteiger partial charge in [-0.2, -0.15) is 0 Å². The molecule has 1 aromatic carbocycles. The van der Waals surface area contributed by atoms with Crippen LogP contribution in [0.25, 0.3) is 0 Å². The third-order valence-electron chi connectivity index (χ3n) is 2.21. The summed E-state index contributed by atoms with van der Waals surface area (Å²) in [6.07, 6.45) is 1.14. The molecule has 0 saturated heterocycles. The number of ketones is 1. The summed E-state index contributed by atoms with van der Waals surface area (Å²) in [5.74, 6) is -2.04. The van der Waals surface area contributed by atoms with Crippen molar-refractivity contribution in [3.63, 3.8) is 0 Å². The van der Waals surface area contributed by atoms with Gasteiger partial charge in [-0.25, -0.2) is 18.7 Å². The second-order valence-corrected chi connectivity index (χ2v) is 3.43. The Labute approximate surface area is 101 Å². The zero-order chi connectivity index (χ0) is 13.1. The Bertz CT molecular complexity index is 582. The molecule has 4 nitrogen and oxygen atoms in total. The molecule has 0 fully saturated rings. The third kappa shape index (κ3) is 2.48. The van der Waals surface area contributed by atoms with Gasteiger partial charge in [0.05, 0.1) is 7.11 Å². The van der Waals surface area contributed by atoms with Crippen LogP contribution in [0.5, 0.6) is 5.88 Å². The first-order valence-corrected chi connectivity index (χ1v) is 4.97. The molecule has 1 heterocycles. The Morgan fingerprint density at radius 3 is 2.39 bits per heavy atom. The second kappa shape index (κ2) is 4.87. The van der Waals surface area contributed by atoms with Crippen LogP contribution in [-0.4, -0.2) is 22.9 Å². The van der Waals surface area contributed by atoms with E-state index in [-0.39, 0.29) is 17.1 Å². The first-order valence-electron chi connectivity index (χ1n) is 4.97. The van der Waals surface area contributed by atoms with Crippen molar-refractivity contribution in [2.24, 2.45) is 0 Å². The fourth-order valence-corrected chi connectivity index (χ4v) is 1.41. The molecule has 0 spiro atoms. The lowest BCUT2D eigenvalue weighted by Gasteiger charge is -2.03. The van der Waals surface area contributed by atoms with Crippen molar-refractivity contribution in [1.82, 2.24) is 9.97 Å². The van der Waals surface area contributed by atoms with Crippen molar-refractivity contribution in [3.05, 3.63) is 53.5 Å². The number of hydrogen-bond acceptors (Lipinski definition) is 4. The number of hydrogen-bond donors (Lipinski definition) is 0. The minimum atomic E-state index is -0.820. The molecule has 92 valence electrons. The van der Waals surface area contributed by atoms with Gasteiger partial charge < -0.3 is 4.74 Å². The van der Waals surface area contributed by atoms with Crippen molar-refractivity contribution in [2.75, 3.05) is 7.11 Å². The van der Waals surface area contributed by atoms with E-state index in [4.69, 9.17) is 4.74 Å². The predicted molar refractivity (Wildman–Crippen MR) is 58.4 cm³/mol. The van der Waals surface area contributed by atoms with Crippen molar-refractivity contribution >= 4 is 5.78 Å². The first-order chi connectivity index (χ1) is 8.60. The summed E-state index contributed by atoms with van der Waals surface area (Å²) >= 11 is 0. The maximum atomic E-state index is 13.0. The number of nitrogens with zero attached hydrogens (tertiary/aromatic N) is 2. The van der Waals surface area contributed by atoms with Crippen LogP contribution < -0.4 is 4.74 Å². The summed E-state index contributed by atoms with van der Waals surface area (Å²) in [6.45, 7) is 0. The van der Waals surface area contributed by atoms with Crippen LogP contribution in [0.1, 0.15) is 16.1 Å². The molecule has 1 aromatic heterocycles. The van der Waals surface area contributed by atoms with Crippen LogP contribution in [0.15, 0.2) is 30.6 Å². The van der Waals surface area contributed by atoms with Gasteiger partial charge in [0, 0.05) is 17.7 Å². The molecular formula is C12H8F2N2O2. The quantitative estimate of drug-likeness (QED) is 0.782. The molecule has 18 heavy (non-hydrogen) atoms. The standard InChI is InChI=1S/C12H8F2N2O2/c1-18-11-5-10(15-6-16-11)12(17)7-2-8(13)4-9(14)3-7/h2-6H,1H3. The lowest BCUT2D eigenvalue weighted by atomic mass is 10.1. The Morgan fingerprint density at radius 1 is 1.11 bits per heavy atom. The Hall–Kier alpha value is -2.37. The first kappa shape index (κ1) is 12.1. The highest BCUT2D eigenvalue weighted by molar-refractivity contribution is 6.07.